The van der Waals surface area contributed by atoms with Gasteiger partial charge < -0.3 is 10.2 Å². The van der Waals surface area contributed by atoms with Gasteiger partial charge in [0, 0.05) is 31.1 Å². The van der Waals surface area contributed by atoms with Crippen LogP contribution in [0.25, 0.3) is 0 Å². The molecule has 0 aromatic heterocycles. The van der Waals surface area contributed by atoms with Gasteiger partial charge in [0.05, 0.1) is 0 Å². The van der Waals surface area contributed by atoms with Gasteiger partial charge in [-0.15, -0.1) is 0 Å². The monoisotopic (exact) mass is 270 g/mol. The van der Waals surface area contributed by atoms with Gasteiger partial charge in [-0.2, -0.15) is 0 Å². The molecule has 2 saturated heterocycles. The van der Waals surface area contributed by atoms with E-state index in [2.05, 4.69) is 34.5 Å². The lowest BCUT2D eigenvalue weighted by molar-refractivity contribution is -0.132. The maximum absolute atomic E-state index is 12.7. The van der Waals surface area contributed by atoms with Crippen LogP contribution in [0.4, 0.5) is 0 Å². The van der Waals surface area contributed by atoms with Crippen LogP contribution < -0.4 is 5.32 Å². The number of carbonyl (C=O) groups is 1. The number of amides is 1. The van der Waals surface area contributed by atoms with Gasteiger partial charge in [-0.05, 0) is 37.2 Å². The molecule has 2 heterocycles. The highest BCUT2D eigenvalue weighted by Crippen LogP contribution is 2.48. The maximum atomic E-state index is 12.7. The molecule has 20 heavy (non-hydrogen) atoms. The molecule has 2 aliphatic heterocycles. The SMILES string of the molecule is O=C(C1CC1c1ccccc1)N1CCC2CCC(C1)N2. The zero-order valence-electron chi connectivity index (χ0n) is 11.8. The number of fused-ring (bicyclic) bond motifs is 2. The van der Waals surface area contributed by atoms with Crippen molar-refractivity contribution in [2.75, 3.05) is 13.1 Å². The summed E-state index contributed by atoms with van der Waals surface area (Å²) in [5.41, 5.74) is 1.33. The van der Waals surface area contributed by atoms with Crippen molar-refractivity contribution in [2.45, 2.75) is 43.7 Å². The third kappa shape index (κ3) is 2.24. The number of rotatable bonds is 2. The molecule has 1 aromatic carbocycles. The summed E-state index contributed by atoms with van der Waals surface area (Å²) in [6, 6.07) is 11.7. The molecule has 2 bridgehead atoms. The zero-order chi connectivity index (χ0) is 13.5. The van der Waals surface area contributed by atoms with E-state index in [1.165, 1.54) is 18.4 Å². The van der Waals surface area contributed by atoms with Crippen molar-refractivity contribution in [3.05, 3.63) is 35.9 Å². The lowest BCUT2D eigenvalue weighted by Crippen LogP contribution is -2.40. The smallest absolute Gasteiger partial charge is 0.226 e. The Morgan fingerprint density at radius 3 is 2.75 bits per heavy atom. The second-order valence-electron chi connectivity index (χ2n) is 6.57. The Bertz CT molecular complexity index is 501. The van der Waals surface area contributed by atoms with Crippen molar-refractivity contribution in [1.82, 2.24) is 10.2 Å². The van der Waals surface area contributed by atoms with Gasteiger partial charge in [0.15, 0.2) is 0 Å². The third-order valence-electron chi connectivity index (χ3n) is 5.17. The molecule has 1 saturated carbocycles. The lowest BCUT2D eigenvalue weighted by atomic mass is 10.1. The highest BCUT2D eigenvalue weighted by Gasteiger charge is 2.46. The van der Waals surface area contributed by atoms with Crippen LogP contribution in [0.2, 0.25) is 0 Å². The predicted octanol–water partition coefficient (Wildman–Crippen LogP) is 2.14. The fourth-order valence-corrected chi connectivity index (χ4v) is 3.91. The summed E-state index contributed by atoms with van der Waals surface area (Å²) in [6.07, 6.45) is 4.70. The summed E-state index contributed by atoms with van der Waals surface area (Å²) in [4.78, 5) is 14.8. The van der Waals surface area contributed by atoms with Crippen LogP contribution in [-0.2, 0) is 4.79 Å². The van der Waals surface area contributed by atoms with Gasteiger partial charge in [-0.25, -0.2) is 0 Å². The Morgan fingerprint density at radius 1 is 1.10 bits per heavy atom. The first-order chi connectivity index (χ1) is 9.81. The van der Waals surface area contributed by atoms with Gasteiger partial charge in [0.1, 0.15) is 0 Å². The first-order valence-electron chi connectivity index (χ1n) is 7.91. The Balaban J connectivity index is 1.41. The summed E-state index contributed by atoms with van der Waals surface area (Å²) in [6.45, 7) is 1.87. The van der Waals surface area contributed by atoms with E-state index in [-0.39, 0.29) is 5.92 Å². The summed E-state index contributed by atoms with van der Waals surface area (Å²) in [7, 11) is 0. The molecule has 3 nitrogen and oxygen atoms in total. The molecule has 1 aliphatic carbocycles. The molecular formula is C17H22N2O. The van der Waals surface area contributed by atoms with Gasteiger partial charge in [-0.1, -0.05) is 30.3 Å². The van der Waals surface area contributed by atoms with Crippen LogP contribution in [0.1, 0.15) is 37.2 Å². The standard InChI is InChI=1S/C17H22N2O/c20-17(16-10-15(16)12-4-2-1-3-5-12)19-9-8-13-6-7-14(11-19)18-13/h1-5,13-16,18H,6-11H2. The lowest BCUT2D eigenvalue weighted by Gasteiger charge is -2.24. The summed E-state index contributed by atoms with van der Waals surface area (Å²) < 4.78 is 0. The van der Waals surface area contributed by atoms with E-state index in [0.29, 0.717) is 23.9 Å². The highest BCUT2D eigenvalue weighted by molar-refractivity contribution is 5.83. The van der Waals surface area contributed by atoms with E-state index in [1.807, 2.05) is 6.07 Å². The largest absolute Gasteiger partial charge is 0.341 e. The molecule has 4 unspecified atom stereocenters. The summed E-state index contributed by atoms with van der Waals surface area (Å²) >= 11 is 0. The second-order valence-corrected chi connectivity index (χ2v) is 6.57. The fourth-order valence-electron chi connectivity index (χ4n) is 3.91. The Hall–Kier alpha value is -1.35. The van der Waals surface area contributed by atoms with E-state index in [0.717, 1.165) is 25.9 Å². The highest BCUT2D eigenvalue weighted by atomic mass is 16.2. The molecule has 3 heteroatoms. The molecule has 4 rings (SSSR count). The number of nitrogens with zero attached hydrogens (tertiary/aromatic N) is 1. The molecule has 106 valence electrons. The van der Waals surface area contributed by atoms with E-state index in [4.69, 9.17) is 0 Å². The number of benzene rings is 1. The second kappa shape index (κ2) is 4.88. The maximum Gasteiger partial charge on any atom is 0.226 e. The van der Waals surface area contributed by atoms with Crippen molar-refractivity contribution in [2.24, 2.45) is 5.92 Å². The minimum absolute atomic E-state index is 0.244. The topological polar surface area (TPSA) is 32.3 Å². The van der Waals surface area contributed by atoms with E-state index in [1.54, 1.807) is 0 Å². The van der Waals surface area contributed by atoms with Crippen molar-refractivity contribution in [3.63, 3.8) is 0 Å². The molecule has 3 fully saturated rings. The molecule has 1 aromatic rings. The van der Waals surface area contributed by atoms with Crippen LogP contribution in [0.3, 0.4) is 0 Å². The average Bonchev–Trinajstić information content (AvgIpc) is 3.19. The summed E-state index contributed by atoms with van der Waals surface area (Å²) in [5, 5.41) is 3.65. The molecule has 1 N–H and O–H groups in total. The van der Waals surface area contributed by atoms with Crippen LogP contribution >= 0.6 is 0 Å². The minimum atomic E-state index is 0.244. The van der Waals surface area contributed by atoms with Crippen LogP contribution in [0.15, 0.2) is 30.3 Å². The fraction of sp³-hybridized carbons (Fsp3) is 0.588. The van der Waals surface area contributed by atoms with Gasteiger partial charge in [-0.3, -0.25) is 4.79 Å². The molecule has 0 spiro atoms. The predicted molar refractivity (Wildman–Crippen MR) is 78.4 cm³/mol. The van der Waals surface area contributed by atoms with E-state index < -0.39 is 0 Å². The molecule has 4 atom stereocenters. The number of likely N-dealkylation sites (tertiary alicyclic amines) is 1. The number of carbonyl (C=O) groups excluding carboxylic acids is 1. The van der Waals surface area contributed by atoms with Crippen LogP contribution in [-0.4, -0.2) is 36.0 Å². The third-order valence-corrected chi connectivity index (χ3v) is 5.17. The van der Waals surface area contributed by atoms with Crippen molar-refractivity contribution in [3.8, 4) is 0 Å². The van der Waals surface area contributed by atoms with Gasteiger partial charge in [0.2, 0.25) is 5.91 Å². The first kappa shape index (κ1) is 12.4. The average molecular weight is 270 g/mol. The quantitative estimate of drug-likeness (QED) is 0.893. The molecule has 0 radical (unpaired) electrons. The minimum Gasteiger partial charge on any atom is -0.341 e. The molecule has 1 amide bonds. The van der Waals surface area contributed by atoms with Gasteiger partial charge in [0.25, 0.3) is 0 Å². The zero-order valence-corrected chi connectivity index (χ0v) is 11.8. The Morgan fingerprint density at radius 2 is 1.90 bits per heavy atom. The Labute approximate surface area is 120 Å². The van der Waals surface area contributed by atoms with Crippen molar-refractivity contribution >= 4 is 5.91 Å². The molecular weight excluding hydrogens is 248 g/mol. The first-order valence-corrected chi connectivity index (χ1v) is 7.91. The van der Waals surface area contributed by atoms with Crippen LogP contribution in [0, 0.1) is 5.92 Å². The summed E-state index contributed by atoms with van der Waals surface area (Å²) in [5.74, 6) is 1.11. The number of nitrogens with one attached hydrogen (secondary N) is 1. The number of hydrogen-bond acceptors (Lipinski definition) is 2. The van der Waals surface area contributed by atoms with E-state index >= 15 is 0 Å². The van der Waals surface area contributed by atoms with Crippen LogP contribution in [0.5, 0.6) is 0 Å². The van der Waals surface area contributed by atoms with E-state index in [9.17, 15) is 4.79 Å². The van der Waals surface area contributed by atoms with Gasteiger partial charge >= 0.3 is 0 Å². The Kier molecular flexibility index (Phi) is 3.03. The number of hydrogen-bond donors (Lipinski definition) is 1. The normalized spacial score (nSPS) is 35.7. The van der Waals surface area contributed by atoms with Crippen molar-refractivity contribution in [1.29, 1.82) is 0 Å². The molecule has 3 aliphatic rings. The van der Waals surface area contributed by atoms with Crippen molar-refractivity contribution < 1.29 is 4.79 Å².